The lowest BCUT2D eigenvalue weighted by Gasteiger charge is -2.35. The first-order valence-electron chi connectivity index (χ1n) is 10.3. The number of ether oxygens (including phenoxy) is 1. The van der Waals surface area contributed by atoms with Gasteiger partial charge < -0.3 is 19.9 Å². The van der Waals surface area contributed by atoms with E-state index in [1.165, 1.54) is 0 Å². The molecule has 1 aliphatic heterocycles. The highest BCUT2D eigenvalue weighted by molar-refractivity contribution is 6.30. The Bertz CT molecular complexity index is 1020. The zero-order valence-corrected chi connectivity index (χ0v) is 18.0. The van der Waals surface area contributed by atoms with Crippen molar-refractivity contribution in [3.05, 3.63) is 65.7 Å². The number of aromatic nitrogens is 2. The number of nitrogens with zero attached hydrogens (tertiary/aromatic N) is 4. The van der Waals surface area contributed by atoms with Crippen LogP contribution in [0.4, 0.5) is 16.3 Å². The first-order valence-corrected chi connectivity index (χ1v) is 10.6. The van der Waals surface area contributed by atoms with Crippen LogP contribution in [0.3, 0.4) is 0 Å². The zero-order chi connectivity index (χ0) is 21.6. The van der Waals surface area contributed by atoms with Crippen molar-refractivity contribution in [2.24, 2.45) is 0 Å². The molecule has 2 heterocycles. The standard InChI is InChI=1S/C23H24ClN5O2/c1-2-31-20-8-6-17(7-9-20)21-10-11-22(27-26-21)28-12-14-29(15-13-28)23(30)25-19-5-3-4-18(24)16-19/h3-11,16H,2,12-15H2,1H3,(H,25,30). The molecule has 7 nitrogen and oxygen atoms in total. The monoisotopic (exact) mass is 437 g/mol. The van der Waals surface area contributed by atoms with Crippen LogP contribution in [0.1, 0.15) is 6.92 Å². The van der Waals surface area contributed by atoms with E-state index >= 15 is 0 Å². The van der Waals surface area contributed by atoms with Gasteiger partial charge in [0.15, 0.2) is 5.82 Å². The largest absolute Gasteiger partial charge is 0.494 e. The maximum Gasteiger partial charge on any atom is 0.321 e. The highest BCUT2D eigenvalue weighted by Crippen LogP contribution is 2.22. The van der Waals surface area contributed by atoms with Crippen molar-refractivity contribution in [2.75, 3.05) is 43.0 Å². The van der Waals surface area contributed by atoms with Gasteiger partial charge >= 0.3 is 6.03 Å². The van der Waals surface area contributed by atoms with Gasteiger partial charge in [-0.3, -0.25) is 0 Å². The fourth-order valence-electron chi connectivity index (χ4n) is 3.44. The van der Waals surface area contributed by atoms with Gasteiger partial charge in [-0.15, -0.1) is 10.2 Å². The minimum Gasteiger partial charge on any atom is -0.494 e. The van der Waals surface area contributed by atoms with Gasteiger partial charge in [-0.1, -0.05) is 17.7 Å². The van der Waals surface area contributed by atoms with Crippen molar-refractivity contribution < 1.29 is 9.53 Å². The molecular weight excluding hydrogens is 414 g/mol. The van der Waals surface area contributed by atoms with Crippen LogP contribution in [-0.4, -0.2) is 53.9 Å². The van der Waals surface area contributed by atoms with E-state index in [4.69, 9.17) is 16.3 Å². The highest BCUT2D eigenvalue weighted by atomic mass is 35.5. The molecule has 0 saturated carbocycles. The minimum atomic E-state index is -0.126. The molecule has 0 spiro atoms. The number of amides is 2. The number of benzene rings is 2. The second kappa shape index (κ2) is 9.66. The maximum atomic E-state index is 12.5. The molecule has 1 aromatic heterocycles. The third-order valence-electron chi connectivity index (χ3n) is 5.08. The van der Waals surface area contributed by atoms with Crippen LogP contribution in [0.2, 0.25) is 5.02 Å². The van der Waals surface area contributed by atoms with E-state index in [1.807, 2.05) is 55.5 Å². The summed E-state index contributed by atoms with van der Waals surface area (Å²) in [5.74, 6) is 1.65. The Kier molecular flexibility index (Phi) is 6.52. The third-order valence-corrected chi connectivity index (χ3v) is 5.31. The molecule has 0 atom stereocenters. The lowest BCUT2D eigenvalue weighted by atomic mass is 10.1. The maximum absolute atomic E-state index is 12.5. The molecule has 2 amide bonds. The number of hydrogen-bond acceptors (Lipinski definition) is 5. The lowest BCUT2D eigenvalue weighted by molar-refractivity contribution is 0.208. The molecule has 1 fully saturated rings. The quantitative estimate of drug-likeness (QED) is 0.634. The van der Waals surface area contributed by atoms with Crippen LogP contribution in [0.5, 0.6) is 5.75 Å². The smallest absolute Gasteiger partial charge is 0.321 e. The number of halogens is 1. The highest BCUT2D eigenvalue weighted by Gasteiger charge is 2.22. The van der Waals surface area contributed by atoms with E-state index in [0.717, 1.165) is 22.8 Å². The van der Waals surface area contributed by atoms with Crippen molar-refractivity contribution in [1.29, 1.82) is 0 Å². The molecule has 4 rings (SSSR count). The predicted octanol–water partition coefficient (Wildman–Crippen LogP) is 4.55. The Morgan fingerprint density at radius 3 is 2.45 bits per heavy atom. The second-order valence-corrected chi connectivity index (χ2v) is 7.59. The molecule has 3 aromatic rings. The predicted molar refractivity (Wildman–Crippen MR) is 123 cm³/mol. The average Bonchev–Trinajstić information content (AvgIpc) is 2.80. The number of piperazine rings is 1. The summed E-state index contributed by atoms with van der Waals surface area (Å²) in [5, 5.41) is 12.3. The van der Waals surface area contributed by atoms with E-state index in [1.54, 1.807) is 17.0 Å². The van der Waals surface area contributed by atoms with Gasteiger partial charge in [0, 0.05) is 42.5 Å². The van der Waals surface area contributed by atoms with E-state index in [9.17, 15) is 4.79 Å². The van der Waals surface area contributed by atoms with Gasteiger partial charge in [0.2, 0.25) is 0 Å². The summed E-state index contributed by atoms with van der Waals surface area (Å²) in [6, 6.07) is 18.8. The van der Waals surface area contributed by atoms with Crippen LogP contribution < -0.4 is 15.0 Å². The number of rotatable bonds is 5. The minimum absolute atomic E-state index is 0.126. The molecule has 0 bridgehead atoms. The Labute approximate surface area is 186 Å². The van der Waals surface area contributed by atoms with Crippen LogP contribution in [-0.2, 0) is 0 Å². The van der Waals surface area contributed by atoms with E-state index < -0.39 is 0 Å². The number of nitrogens with one attached hydrogen (secondary N) is 1. The van der Waals surface area contributed by atoms with Crippen molar-refractivity contribution >= 4 is 29.1 Å². The summed E-state index contributed by atoms with van der Waals surface area (Å²) in [6.07, 6.45) is 0. The van der Waals surface area contributed by atoms with E-state index in [2.05, 4.69) is 20.4 Å². The topological polar surface area (TPSA) is 70.6 Å². The van der Waals surface area contributed by atoms with E-state index in [-0.39, 0.29) is 6.03 Å². The fraction of sp³-hybridized carbons (Fsp3) is 0.261. The van der Waals surface area contributed by atoms with Crippen LogP contribution in [0.25, 0.3) is 11.3 Å². The summed E-state index contributed by atoms with van der Waals surface area (Å²) in [6.45, 7) is 5.20. The Hall–Kier alpha value is -3.32. The summed E-state index contributed by atoms with van der Waals surface area (Å²) >= 11 is 5.98. The van der Waals surface area contributed by atoms with Crippen molar-refractivity contribution in [3.63, 3.8) is 0 Å². The SMILES string of the molecule is CCOc1ccc(-c2ccc(N3CCN(C(=O)Nc4cccc(Cl)c4)CC3)nn2)cc1. The molecule has 0 unspecified atom stereocenters. The third kappa shape index (κ3) is 5.24. The van der Waals surface area contributed by atoms with Crippen molar-refractivity contribution in [3.8, 4) is 17.0 Å². The molecule has 0 radical (unpaired) electrons. The van der Waals surface area contributed by atoms with Crippen LogP contribution in [0, 0.1) is 0 Å². The van der Waals surface area contributed by atoms with Gasteiger partial charge in [0.25, 0.3) is 0 Å². The Morgan fingerprint density at radius 1 is 1.03 bits per heavy atom. The molecule has 2 aromatic carbocycles. The Balaban J connectivity index is 1.33. The normalized spacial score (nSPS) is 13.7. The average molecular weight is 438 g/mol. The zero-order valence-electron chi connectivity index (χ0n) is 17.3. The fourth-order valence-corrected chi connectivity index (χ4v) is 3.63. The lowest BCUT2D eigenvalue weighted by Crippen LogP contribution is -2.50. The molecule has 31 heavy (non-hydrogen) atoms. The molecule has 1 saturated heterocycles. The number of hydrogen-bond donors (Lipinski definition) is 1. The van der Waals surface area contributed by atoms with Gasteiger partial charge in [0.05, 0.1) is 12.3 Å². The van der Waals surface area contributed by atoms with Gasteiger partial charge in [-0.25, -0.2) is 4.79 Å². The Morgan fingerprint density at radius 2 is 1.81 bits per heavy atom. The van der Waals surface area contributed by atoms with Crippen molar-refractivity contribution in [2.45, 2.75) is 6.92 Å². The number of urea groups is 1. The molecule has 8 heteroatoms. The summed E-state index contributed by atoms with van der Waals surface area (Å²) in [7, 11) is 0. The number of anilines is 2. The molecular formula is C23H24ClN5O2. The molecule has 1 aliphatic rings. The van der Waals surface area contributed by atoms with Gasteiger partial charge in [-0.2, -0.15) is 0 Å². The van der Waals surface area contributed by atoms with Crippen LogP contribution >= 0.6 is 11.6 Å². The number of carbonyl (C=O) groups excluding carboxylic acids is 1. The molecule has 160 valence electrons. The second-order valence-electron chi connectivity index (χ2n) is 7.15. The molecule has 0 aliphatic carbocycles. The summed E-state index contributed by atoms with van der Waals surface area (Å²) in [5.41, 5.74) is 2.49. The summed E-state index contributed by atoms with van der Waals surface area (Å²) in [4.78, 5) is 16.4. The number of carbonyl (C=O) groups is 1. The first kappa shape index (κ1) is 20.9. The van der Waals surface area contributed by atoms with Gasteiger partial charge in [0.1, 0.15) is 5.75 Å². The van der Waals surface area contributed by atoms with Crippen molar-refractivity contribution in [1.82, 2.24) is 15.1 Å². The van der Waals surface area contributed by atoms with Crippen LogP contribution in [0.15, 0.2) is 60.7 Å². The first-order chi connectivity index (χ1) is 15.1. The summed E-state index contributed by atoms with van der Waals surface area (Å²) < 4.78 is 5.48. The molecule has 1 N–H and O–H groups in total. The van der Waals surface area contributed by atoms with Gasteiger partial charge in [-0.05, 0) is 61.5 Å². The van der Waals surface area contributed by atoms with E-state index in [0.29, 0.717) is 43.5 Å².